The van der Waals surface area contributed by atoms with Gasteiger partial charge in [0.05, 0.1) is 28.7 Å². The number of urea groups is 1. The van der Waals surface area contributed by atoms with E-state index in [4.69, 9.17) is 21.0 Å². The summed E-state index contributed by atoms with van der Waals surface area (Å²) < 4.78 is 0. The Morgan fingerprint density at radius 2 is 1.13 bits per heavy atom. The number of aryl methyl sites for hydroxylation is 2. The van der Waals surface area contributed by atoms with Crippen LogP contribution in [0.15, 0.2) is 158 Å². The van der Waals surface area contributed by atoms with E-state index in [2.05, 4.69) is 133 Å². The van der Waals surface area contributed by atoms with E-state index >= 15 is 0 Å². The number of nitrogens with two attached hydrogens (primary N) is 1. The van der Waals surface area contributed by atoms with E-state index in [1.165, 1.54) is 68.5 Å². The highest BCUT2D eigenvalue weighted by molar-refractivity contribution is 5.94. The van der Waals surface area contributed by atoms with E-state index < -0.39 is 0 Å². The van der Waals surface area contributed by atoms with E-state index in [1.54, 1.807) is 24.3 Å². The van der Waals surface area contributed by atoms with Crippen LogP contribution in [0.2, 0.25) is 0 Å². The van der Waals surface area contributed by atoms with Gasteiger partial charge < -0.3 is 31.5 Å². The predicted octanol–water partition coefficient (Wildman–Crippen LogP) is 13.0. The number of allylic oxidation sites excluding steroid dienone is 4. The molecule has 8 aromatic rings. The molecule has 3 spiro atoms. The third-order valence-electron chi connectivity index (χ3n) is 20.3. The molecule has 5 N–H and O–H groups in total. The molecule has 5 aromatic carbocycles. The highest BCUT2D eigenvalue weighted by Gasteiger charge is 2.47. The van der Waals surface area contributed by atoms with Gasteiger partial charge in [-0.3, -0.25) is 9.69 Å². The van der Waals surface area contributed by atoms with E-state index in [0.29, 0.717) is 36.2 Å². The van der Waals surface area contributed by atoms with Crippen molar-refractivity contribution in [3.05, 3.63) is 219 Å². The molecule has 3 amide bonds. The molecule has 7 aliphatic rings. The fourth-order valence-corrected chi connectivity index (χ4v) is 15.3. The van der Waals surface area contributed by atoms with Gasteiger partial charge in [-0.2, -0.15) is 5.26 Å². The number of fused-ring (bicyclic) bond motifs is 12. The number of aromatic nitrogens is 6. The van der Waals surface area contributed by atoms with Crippen LogP contribution in [0.25, 0.3) is 28.1 Å². The van der Waals surface area contributed by atoms with Crippen LogP contribution in [0, 0.1) is 23.7 Å². The molecule has 0 unspecified atom stereocenters. The van der Waals surface area contributed by atoms with Crippen molar-refractivity contribution in [2.45, 2.75) is 108 Å². The van der Waals surface area contributed by atoms with Crippen LogP contribution in [-0.2, 0) is 43.1 Å². The number of anilines is 4. The van der Waals surface area contributed by atoms with Gasteiger partial charge in [0.25, 0.3) is 5.91 Å². The Kier molecular flexibility index (Phi) is 17.1. The molecule has 3 aliphatic heterocycles. The molecule has 0 atom stereocenters. The Labute approximate surface area is 534 Å². The van der Waals surface area contributed by atoms with E-state index in [0.717, 1.165) is 131 Å². The fraction of sp³-hybridized carbons (Fsp3) is 0.347. The summed E-state index contributed by atoms with van der Waals surface area (Å²) in [6.45, 7) is 10.5. The monoisotopic (exact) mass is 1210 g/mol. The molecular formula is C75H80N14O2. The highest BCUT2D eigenvalue weighted by Crippen LogP contribution is 2.54. The van der Waals surface area contributed by atoms with E-state index in [-0.39, 0.29) is 34.1 Å². The van der Waals surface area contributed by atoms with Crippen LogP contribution < -0.4 is 21.7 Å². The minimum atomic E-state index is -0.134. The SMILES string of the molecule is CCc1ccc(CN2CCC3(CC2)Cc2cnc(NC)nc2-c2ccccc23)cc1.CNc1ncc2c(n1)C1=CCCC=C1C1(CCN(C(=O)c3ccc(C)cc3)CC1)C2.N#Cc1cccc(NC(=O)N2CCC3(CC2)Cc2cnc(N)nc2-c2ccccc23)c1. The first-order chi connectivity index (χ1) is 44.4. The number of nitrogens with one attached hydrogen (secondary N) is 3. The molecule has 91 heavy (non-hydrogen) atoms. The second-order valence-corrected chi connectivity index (χ2v) is 25.7. The number of hydrogen-bond acceptors (Lipinski definition) is 13. The van der Waals surface area contributed by atoms with Crippen molar-refractivity contribution in [1.82, 2.24) is 44.6 Å². The Hall–Kier alpha value is -9.59. The average molecular weight is 1210 g/mol. The van der Waals surface area contributed by atoms with Gasteiger partial charge in [0.15, 0.2) is 0 Å². The first-order valence-corrected chi connectivity index (χ1v) is 32.4. The van der Waals surface area contributed by atoms with Crippen molar-refractivity contribution >= 4 is 41.0 Å². The number of amides is 3. The standard InChI is InChI=1S/C26H30N4.C25H28N4O.C24H22N6O/c1-3-19-8-10-20(11-9-19)18-30-14-12-26(13-15-30)16-21-17-28-25(27-2)29-24(21)22-6-4-5-7-23(22)26;1-17-7-9-18(10-8-17)23(30)29-13-11-25(12-14-29)15-19-16-27-24(26-2)28-22(19)20-5-3-4-6-21(20)25;25-14-16-4-3-5-18(12-16)28-23(31)30-10-8-24(9-11-30)13-17-15-27-22(26)29-21(17)19-6-1-2-7-20(19)24/h4-11,17H,3,12-16,18H2,1-2H3,(H,27,28,29);5-10,16H,3-4,11-15H2,1-2H3,(H,26,27,28);1-7,12,15H,8-11,13H2,(H,28,31)(H2,26,27,29). The van der Waals surface area contributed by atoms with Gasteiger partial charge in [0.1, 0.15) is 0 Å². The van der Waals surface area contributed by atoms with Gasteiger partial charge >= 0.3 is 6.03 Å². The molecule has 3 saturated heterocycles. The van der Waals surface area contributed by atoms with Gasteiger partial charge in [-0.15, -0.1) is 0 Å². The number of nitrogen functional groups attached to an aromatic ring is 1. The number of carbonyl (C=O) groups excluding carboxylic acids is 2. The summed E-state index contributed by atoms with van der Waals surface area (Å²) >= 11 is 0. The summed E-state index contributed by atoms with van der Waals surface area (Å²) in [5.74, 6) is 1.81. The van der Waals surface area contributed by atoms with Crippen LogP contribution >= 0.6 is 0 Å². The van der Waals surface area contributed by atoms with Crippen molar-refractivity contribution in [3.63, 3.8) is 0 Å². The maximum Gasteiger partial charge on any atom is 0.321 e. The number of nitrogens with zero attached hydrogens (tertiary/aromatic N) is 10. The minimum Gasteiger partial charge on any atom is -0.368 e. The lowest BCUT2D eigenvalue weighted by Crippen LogP contribution is -2.48. The van der Waals surface area contributed by atoms with Gasteiger partial charge in [-0.1, -0.05) is 116 Å². The number of carbonyl (C=O) groups is 2. The van der Waals surface area contributed by atoms with Crippen LogP contribution in [0.1, 0.15) is 124 Å². The van der Waals surface area contributed by atoms with Crippen molar-refractivity contribution in [2.75, 3.05) is 75.0 Å². The maximum atomic E-state index is 13.0. The Morgan fingerprint density at radius 1 is 0.593 bits per heavy atom. The summed E-state index contributed by atoms with van der Waals surface area (Å²) in [4.78, 5) is 59.6. The third-order valence-corrected chi connectivity index (χ3v) is 20.3. The molecular weight excluding hydrogens is 1130 g/mol. The van der Waals surface area contributed by atoms with Crippen LogP contribution in [-0.4, -0.2) is 110 Å². The van der Waals surface area contributed by atoms with E-state index in [9.17, 15) is 9.59 Å². The molecule has 0 radical (unpaired) electrons. The minimum absolute atomic E-state index is 0.0411. The lowest BCUT2D eigenvalue weighted by molar-refractivity contribution is 0.0629. The van der Waals surface area contributed by atoms with Crippen LogP contribution in [0.5, 0.6) is 0 Å². The molecule has 15 rings (SSSR count). The molecule has 16 nitrogen and oxygen atoms in total. The normalized spacial score (nSPS) is 17.7. The van der Waals surface area contributed by atoms with Crippen molar-refractivity contribution in [2.24, 2.45) is 5.41 Å². The first-order valence-electron chi connectivity index (χ1n) is 32.4. The molecule has 0 bridgehead atoms. The number of hydrogen-bond donors (Lipinski definition) is 4. The largest absolute Gasteiger partial charge is 0.368 e. The lowest BCUT2D eigenvalue weighted by Gasteiger charge is -2.47. The molecule has 462 valence electrons. The van der Waals surface area contributed by atoms with Gasteiger partial charge in [-0.05, 0) is 172 Å². The Bertz CT molecular complexity index is 4130. The van der Waals surface area contributed by atoms with Gasteiger partial charge in [-0.25, -0.2) is 34.7 Å². The Morgan fingerprint density at radius 3 is 1.76 bits per heavy atom. The molecule has 3 fully saturated rings. The molecule has 16 heteroatoms. The van der Waals surface area contributed by atoms with Gasteiger partial charge in [0.2, 0.25) is 17.8 Å². The topological polar surface area (TPSA) is 207 Å². The second-order valence-electron chi connectivity index (χ2n) is 25.7. The zero-order valence-electron chi connectivity index (χ0n) is 52.7. The van der Waals surface area contributed by atoms with Crippen LogP contribution in [0.4, 0.5) is 28.3 Å². The molecule has 3 aromatic heterocycles. The number of piperidine rings is 3. The van der Waals surface area contributed by atoms with Crippen molar-refractivity contribution < 1.29 is 9.59 Å². The number of nitriles is 1. The summed E-state index contributed by atoms with van der Waals surface area (Å²) in [6, 6.07) is 43.3. The fourth-order valence-electron chi connectivity index (χ4n) is 15.3. The van der Waals surface area contributed by atoms with Crippen molar-refractivity contribution in [1.29, 1.82) is 5.26 Å². The van der Waals surface area contributed by atoms with Crippen LogP contribution in [0.3, 0.4) is 0 Å². The smallest absolute Gasteiger partial charge is 0.321 e. The summed E-state index contributed by atoms with van der Waals surface area (Å²) in [5.41, 5.74) is 26.7. The number of benzene rings is 5. The first kappa shape index (κ1) is 60.3. The quantitative estimate of drug-likeness (QED) is 0.117. The summed E-state index contributed by atoms with van der Waals surface area (Å²) in [5, 5.41) is 18.1. The zero-order chi connectivity index (χ0) is 62.7. The summed E-state index contributed by atoms with van der Waals surface area (Å²) in [6.07, 6.45) is 22.8. The maximum absolute atomic E-state index is 13.0. The van der Waals surface area contributed by atoms with E-state index in [1.807, 2.05) is 79.7 Å². The number of rotatable bonds is 7. The lowest BCUT2D eigenvalue weighted by atomic mass is 9.61. The summed E-state index contributed by atoms with van der Waals surface area (Å²) in [7, 11) is 3.74. The third kappa shape index (κ3) is 12.2. The van der Waals surface area contributed by atoms with Gasteiger partial charge in [0, 0.05) is 110 Å². The zero-order valence-corrected chi connectivity index (χ0v) is 52.7. The molecule has 6 heterocycles. The van der Waals surface area contributed by atoms with Crippen molar-refractivity contribution in [3.8, 4) is 28.6 Å². The molecule has 0 saturated carbocycles. The predicted molar refractivity (Wildman–Crippen MR) is 360 cm³/mol. The Balaban J connectivity index is 0.000000125. The molecule has 4 aliphatic carbocycles. The highest BCUT2D eigenvalue weighted by atomic mass is 16.2. The average Bonchev–Trinajstić information content (AvgIpc) is 0.796. The number of likely N-dealkylation sites (tertiary alicyclic amines) is 3. The second kappa shape index (κ2) is 25.7.